The summed E-state index contributed by atoms with van der Waals surface area (Å²) in [5.74, 6) is -1.06. The van der Waals surface area contributed by atoms with Crippen molar-refractivity contribution >= 4 is 11.8 Å². The molecular weight excluding hydrogens is 299 g/mol. The molecule has 1 aromatic heterocycles. The van der Waals surface area contributed by atoms with Gasteiger partial charge in [0.25, 0.3) is 0 Å². The van der Waals surface area contributed by atoms with Gasteiger partial charge in [-0.3, -0.25) is 14.6 Å². The minimum Gasteiger partial charge on any atom is -0.352 e. The van der Waals surface area contributed by atoms with Gasteiger partial charge in [0.2, 0.25) is 11.8 Å². The summed E-state index contributed by atoms with van der Waals surface area (Å²) in [6.07, 6.45) is -2.36. The lowest BCUT2D eigenvalue weighted by Gasteiger charge is -2.37. The fraction of sp³-hybridized carbons (Fsp3) is 0.357. The summed E-state index contributed by atoms with van der Waals surface area (Å²) < 4.78 is 38.3. The van der Waals surface area contributed by atoms with Crippen LogP contribution in [0.4, 0.5) is 13.2 Å². The van der Waals surface area contributed by atoms with E-state index < -0.39 is 17.8 Å². The van der Waals surface area contributed by atoms with Gasteiger partial charge in [-0.25, -0.2) is 0 Å². The molecule has 1 N–H and O–H groups in total. The number of amides is 2. The van der Waals surface area contributed by atoms with E-state index in [1.807, 2.05) is 0 Å². The number of nitrogens with zero attached hydrogens (tertiary/aromatic N) is 2. The van der Waals surface area contributed by atoms with E-state index in [1.165, 1.54) is 17.0 Å². The Morgan fingerprint density at radius 3 is 2.73 bits per heavy atom. The van der Waals surface area contributed by atoms with Gasteiger partial charge in [-0.2, -0.15) is 13.2 Å². The summed E-state index contributed by atoms with van der Waals surface area (Å²) in [6.45, 7) is 3.57. The molecule has 0 aliphatic carbocycles. The zero-order valence-electron chi connectivity index (χ0n) is 11.6. The number of likely N-dealkylation sites (tertiary alicyclic amines) is 1. The number of aromatic nitrogens is 1. The molecule has 2 amide bonds. The zero-order chi connectivity index (χ0) is 16.3. The molecule has 0 spiro atoms. The van der Waals surface area contributed by atoms with Crippen molar-refractivity contribution in [1.29, 1.82) is 0 Å². The lowest BCUT2D eigenvalue weighted by atomic mass is 9.99. The first kappa shape index (κ1) is 16.0. The summed E-state index contributed by atoms with van der Waals surface area (Å²) in [4.78, 5) is 27.8. The van der Waals surface area contributed by atoms with Gasteiger partial charge < -0.3 is 10.2 Å². The lowest BCUT2D eigenvalue weighted by molar-refractivity contribution is -0.143. The predicted molar refractivity (Wildman–Crippen MR) is 71.4 cm³/mol. The second-order valence-electron chi connectivity index (χ2n) is 4.87. The van der Waals surface area contributed by atoms with E-state index in [4.69, 9.17) is 0 Å². The van der Waals surface area contributed by atoms with Crippen molar-refractivity contribution in [1.82, 2.24) is 15.2 Å². The summed E-state index contributed by atoms with van der Waals surface area (Å²) in [5, 5.41) is 2.45. The molecule has 0 radical (unpaired) electrons. The zero-order valence-corrected chi connectivity index (χ0v) is 11.6. The maximum atomic E-state index is 12.8. The van der Waals surface area contributed by atoms with Gasteiger partial charge >= 0.3 is 6.18 Å². The van der Waals surface area contributed by atoms with Crippen LogP contribution in [0.5, 0.6) is 0 Å². The predicted octanol–water partition coefficient (Wildman–Crippen LogP) is 1.36. The maximum Gasteiger partial charge on any atom is 0.433 e. The fourth-order valence-electron chi connectivity index (χ4n) is 2.12. The maximum absolute atomic E-state index is 12.8. The molecule has 0 atom stereocenters. The average molecular weight is 313 g/mol. The van der Waals surface area contributed by atoms with Crippen LogP contribution in [0.3, 0.4) is 0 Å². The molecule has 0 saturated carbocycles. The highest BCUT2D eigenvalue weighted by Crippen LogP contribution is 2.30. The van der Waals surface area contributed by atoms with Crippen LogP contribution in [-0.2, 0) is 22.3 Å². The van der Waals surface area contributed by atoms with E-state index in [0.29, 0.717) is 0 Å². The second kappa shape index (κ2) is 6.17. The van der Waals surface area contributed by atoms with Crippen LogP contribution in [-0.4, -0.2) is 34.8 Å². The monoisotopic (exact) mass is 313 g/mol. The molecule has 118 valence electrons. The van der Waals surface area contributed by atoms with Gasteiger partial charge in [0.05, 0.1) is 5.92 Å². The number of hydrogen-bond donors (Lipinski definition) is 1. The summed E-state index contributed by atoms with van der Waals surface area (Å²) >= 11 is 0. The topological polar surface area (TPSA) is 62.3 Å². The first-order valence-electron chi connectivity index (χ1n) is 6.53. The Morgan fingerprint density at radius 2 is 2.14 bits per heavy atom. The third-order valence-corrected chi connectivity index (χ3v) is 3.35. The van der Waals surface area contributed by atoms with Gasteiger partial charge in [-0.1, -0.05) is 12.6 Å². The Balaban J connectivity index is 1.91. The van der Waals surface area contributed by atoms with E-state index in [2.05, 4.69) is 16.9 Å². The largest absolute Gasteiger partial charge is 0.433 e. The van der Waals surface area contributed by atoms with Crippen LogP contribution in [0.1, 0.15) is 11.3 Å². The van der Waals surface area contributed by atoms with Crippen molar-refractivity contribution in [3.63, 3.8) is 0 Å². The van der Waals surface area contributed by atoms with Crippen molar-refractivity contribution < 1.29 is 22.8 Å². The normalized spacial score (nSPS) is 15.1. The second-order valence-corrected chi connectivity index (χ2v) is 4.87. The average Bonchev–Trinajstić information content (AvgIpc) is 2.42. The smallest absolute Gasteiger partial charge is 0.352 e. The third-order valence-electron chi connectivity index (χ3n) is 3.35. The highest BCUT2D eigenvalue weighted by Gasteiger charge is 2.36. The highest BCUT2D eigenvalue weighted by molar-refractivity contribution is 5.90. The van der Waals surface area contributed by atoms with E-state index >= 15 is 0 Å². The molecule has 2 heterocycles. The van der Waals surface area contributed by atoms with Crippen molar-refractivity contribution in [2.24, 2.45) is 5.92 Å². The Hall–Kier alpha value is -2.38. The van der Waals surface area contributed by atoms with Crippen LogP contribution in [0.25, 0.3) is 0 Å². The Morgan fingerprint density at radius 1 is 1.45 bits per heavy atom. The van der Waals surface area contributed by atoms with Gasteiger partial charge in [-0.15, -0.1) is 0 Å². The molecule has 0 bridgehead atoms. The van der Waals surface area contributed by atoms with Crippen LogP contribution in [0, 0.1) is 5.92 Å². The number of carbonyl (C=O) groups excluding carboxylic acids is 2. The van der Waals surface area contributed by atoms with Crippen molar-refractivity contribution in [2.75, 3.05) is 13.1 Å². The third kappa shape index (κ3) is 3.44. The number of carbonyl (C=O) groups is 2. The standard InChI is InChI=1S/C14H14F3N3O2/c1-2-11(21)20-7-10(8-20)13(22)19-6-9-4-3-5-18-12(9)14(15,16)17/h2-5,10H,1,6-8H2,(H,19,22). The molecule has 1 aliphatic rings. The summed E-state index contributed by atoms with van der Waals surface area (Å²) in [5.41, 5.74) is -1.10. The first-order chi connectivity index (χ1) is 10.3. The molecule has 1 aromatic rings. The molecule has 1 saturated heterocycles. The van der Waals surface area contributed by atoms with E-state index in [0.717, 1.165) is 12.3 Å². The van der Waals surface area contributed by atoms with E-state index in [-0.39, 0.29) is 37.0 Å². The first-order valence-corrected chi connectivity index (χ1v) is 6.53. The molecule has 8 heteroatoms. The lowest BCUT2D eigenvalue weighted by Crippen LogP contribution is -2.55. The van der Waals surface area contributed by atoms with Gasteiger partial charge in [0.15, 0.2) is 0 Å². The van der Waals surface area contributed by atoms with Crippen molar-refractivity contribution in [2.45, 2.75) is 12.7 Å². The number of pyridine rings is 1. The number of halogens is 3. The molecule has 1 aliphatic heterocycles. The molecule has 22 heavy (non-hydrogen) atoms. The Labute approximate surface area is 124 Å². The SMILES string of the molecule is C=CC(=O)N1CC(C(=O)NCc2cccnc2C(F)(F)F)C1. The summed E-state index contributed by atoms with van der Waals surface area (Å²) in [6, 6.07) is 2.65. The van der Waals surface area contributed by atoms with Crippen LogP contribution in [0.15, 0.2) is 31.0 Å². The molecule has 0 aromatic carbocycles. The van der Waals surface area contributed by atoms with E-state index in [9.17, 15) is 22.8 Å². The number of hydrogen-bond acceptors (Lipinski definition) is 3. The van der Waals surface area contributed by atoms with Crippen LogP contribution >= 0.6 is 0 Å². The molecule has 2 rings (SSSR count). The fourth-order valence-corrected chi connectivity index (χ4v) is 2.12. The number of rotatable bonds is 4. The summed E-state index contributed by atoms with van der Waals surface area (Å²) in [7, 11) is 0. The highest BCUT2D eigenvalue weighted by atomic mass is 19.4. The van der Waals surface area contributed by atoms with E-state index in [1.54, 1.807) is 0 Å². The van der Waals surface area contributed by atoms with Gasteiger partial charge in [0.1, 0.15) is 5.69 Å². The minimum atomic E-state index is -4.56. The minimum absolute atomic E-state index is 0.0957. The van der Waals surface area contributed by atoms with Gasteiger partial charge in [0, 0.05) is 31.4 Å². The van der Waals surface area contributed by atoms with Crippen molar-refractivity contribution in [3.05, 3.63) is 42.2 Å². The van der Waals surface area contributed by atoms with Gasteiger partial charge in [-0.05, 0) is 12.1 Å². The van der Waals surface area contributed by atoms with Crippen LogP contribution in [0.2, 0.25) is 0 Å². The molecule has 0 unspecified atom stereocenters. The van der Waals surface area contributed by atoms with Crippen molar-refractivity contribution in [3.8, 4) is 0 Å². The Kier molecular flexibility index (Phi) is 4.48. The van der Waals surface area contributed by atoms with Crippen LogP contribution < -0.4 is 5.32 Å². The quantitative estimate of drug-likeness (QED) is 0.854. The number of nitrogens with one attached hydrogen (secondary N) is 1. The molecular formula is C14H14F3N3O2. The molecule has 5 nitrogen and oxygen atoms in total. The Bertz CT molecular complexity index is 595. The number of alkyl halides is 3. The molecule has 1 fully saturated rings.